The van der Waals surface area contributed by atoms with Crippen molar-refractivity contribution in [2.24, 2.45) is 0 Å². The van der Waals surface area contributed by atoms with E-state index in [9.17, 15) is 9.59 Å². The number of methoxy groups -OCH3 is 1. The van der Waals surface area contributed by atoms with Gasteiger partial charge in [0.2, 0.25) is 5.78 Å². The Labute approximate surface area is 95.6 Å². The SMILES string of the molecule is COC(=O)C(=O)Cc1ccc(I)cc1. The average Bonchev–Trinajstić information content (AvgIpc) is 2.20. The van der Waals surface area contributed by atoms with Gasteiger partial charge in [-0.25, -0.2) is 4.79 Å². The van der Waals surface area contributed by atoms with E-state index in [0.29, 0.717) is 0 Å². The molecule has 74 valence electrons. The highest BCUT2D eigenvalue weighted by molar-refractivity contribution is 14.1. The van der Waals surface area contributed by atoms with E-state index < -0.39 is 11.8 Å². The first-order chi connectivity index (χ1) is 6.63. The molecular weight excluding hydrogens is 295 g/mol. The molecule has 0 fully saturated rings. The molecule has 1 aromatic rings. The zero-order valence-corrected chi connectivity index (χ0v) is 9.78. The largest absolute Gasteiger partial charge is 0.463 e. The van der Waals surface area contributed by atoms with Crippen molar-refractivity contribution in [3.63, 3.8) is 0 Å². The monoisotopic (exact) mass is 304 g/mol. The number of hydrogen-bond donors (Lipinski definition) is 0. The number of carbonyl (C=O) groups excluding carboxylic acids is 2. The number of benzene rings is 1. The van der Waals surface area contributed by atoms with Gasteiger partial charge in [-0.2, -0.15) is 0 Å². The Bertz CT molecular complexity index is 343. The molecule has 0 aromatic heterocycles. The smallest absolute Gasteiger partial charge is 0.374 e. The van der Waals surface area contributed by atoms with Crippen LogP contribution in [0.15, 0.2) is 24.3 Å². The van der Waals surface area contributed by atoms with E-state index in [2.05, 4.69) is 27.3 Å². The minimum Gasteiger partial charge on any atom is -0.463 e. The Morgan fingerprint density at radius 1 is 1.29 bits per heavy atom. The second kappa shape index (κ2) is 5.09. The summed E-state index contributed by atoms with van der Waals surface area (Å²) in [6, 6.07) is 7.42. The van der Waals surface area contributed by atoms with Gasteiger partial charge in [0.1, 0.15) is 0 Å². The van der Waals surface area contributed by atoms with Crippen LogP contribution in [0.4, 0.5) is 0 Å². The van der Waals surface area contributed by atoms with Crippen molar-refractivity contribution in [3.8, 4) is 0 Å². The van der Waals surface area contributed by atoms with Crippen molar-refractivity contribution in [2.75, 3.05) is 7.11 Å². The third kappa shape index (κ3) is 3.10. The summed E-state index contributed by atoms with van der Waals surface area (Å²) in [6.07, 6.45) is 0.101. The molecule has 0 bridgehead atoms. The Kier molecular flexibility index (Phi) is 4.06. The first kappa shape index (κ1) is 11.2. The molecule has 0 spiro atoms. The van der Waals surface area contributed by atoms with Gasteiger partial charge in [-0.1, -0.05) is 12.1 Å². The second-order valence-corrected chi connectivity index (χ2v) is 3.96. The summed E-state index contributed by atoms with van der Waals surface area (Å²) in [5, 5.41) is 0. The molecule has 4 heteroatoms. The van der Waals surface area contributed by atoms with E-state index in [1.54, 1.807) is 0 Å². The van der Waals surface area contributed by atoms with Crippen LogP contribution in [0.3, 0.4) is 0 Å². The molecule has 0 aliphatic heterocycles. The Morgan fingerprint density at radius 2 is 1.86 bits per heavy atom. The Hall–Kier alpha value is -0.910. The first-order valence-electron chi connectivity index (χ1n) is 3.99. The number of Topliss-reactive ketones (excluding diaryl/α,β-unsaturated/α-hetero) is 1. The molecule has 0 atom stereocenters. The summed E-state index contributed by atoms with van der Waals surface area (Å²) >= 11 is 2.17. The molecule has 0 unspecified atom stereocenters. The summed E-state index contributed by atoms with van der Waals surface area (Å²) in [5.74, 6) is -1.31. The maximum atomic E-state index is 11.2. The third-order valence-electron chi connectivity index (χ3n) is 1.69. The van der Waals surface area contributed by atoms with Gasteiger partial charge < -0.3 is 4.74 Å². The molecule has 0 aliphatic carbocycles. The van der Waals surface area contributed by atoms with E-state index in [1.165, 1.54) is 7.11 Å². The number of hydrogen-bond acceptors (Lipinski definition) is 3. The van der Waals surface area contributed by atoms with Crippen LogP contribution < -0.4 is 0 Å². The maximum Gasteiger partial charge on any atom is 0.374 e. The van der Waals surface area contributed by atoms with Gasteiger partial charge >= 0.3 is 5.97 Å². The van der Waals surface area contributed by atoms with Crippen LogP contribution in [0.2, 0.25) is 0 Å². The lowest BCUT2D eigenvalue weighted by molar-refractivity contribution is -0.151. The van der Waals surface area contributed by atoms with E-state index >= 15 is 0 Å². The van der Waals surface area contributed by atoms with Crippen LogP contribution in [0.1, 0.15) is 5.56 Å². The molecular formula is C10H9IO3. The first-order valence-corrected chi connectivity index (χ1v) is 5.07. The van der Waals surface area contributed by atoms with Gasteiger partial charge in [-0.05, 0) is 40.3 Å². The molecule has 14 heavy (non-hydrogen) atoms. The van der Waals surface area contributed by atoms with Crippen LogP contribution >= 0.6 is 22.6 Å². The number of halogens is 1. The van der Waals surface area contributed by atoms with Gasteiger partial charge in [0, 0.05) is 9.99 Å². The molecule has 0 N–H and O–H groups in total. The summed E-state index contributed by atoms with van der Waals surface area (Å²) in [5.41, 5.74) is 0.820. The standard InChI is InChI=1S/C10H9IO3/c1-14-10(13)9(12)6-7-2-4-8(11)5-3-7/h2-5H,6H2,1H3. The van der Waals surface area contributed by atoms with E-state index in [4.69, 9.17) is 0 Å². The molecule has 0 saturated carbocycles. The van der Waals surface area contributed by atoms with Crippen molar-refractivity contribution in [3.05, 3.63) is 33.4 Å². The lowest BCUT2D eigenvalue weighted by Crippen LogP contribution is -2.17. The minimum absolute atomic E-state index is 0.101. The topological polar surface area (TPSA) is 43.4 Å². The van der Waals surface area contributed by atoms with Gasteiger partial charge in [0.05, 0.1) is 7.11 Å². The van der Waals surface area contributed by atoms with E-state index in [1.807, 2.05) is 24.3 Å². The number of ketones is 1. The summed E-state index contributed by atoms with van der Waals surface area (Å²) in [4.78, 5) is 22.0. The van der Waals surface area contributed by atoms with Crippen molar-refractivity contribution >= 4 is 34.3 Å². The molecule has 0 amide bonds. The van der Waals surface area contributed by atoms with Crippen LogP contribution in [-0.4, -0.2) is 18.9 Å². The number of rotatable bonds is 3. The highest BCUT2D eigenvalue weighted by Gasteiger charge is 2.13. The zero-order valence-electron chi connectivity index (χ0n) is 7.62. The fourth-order valence-corrected chi connectivity index (χ4v) is 1.33. The Morgan fingerprint density at radius 3 is 2.36 bits per heavy atom. The molecule has 0 heterocycles. The zero-order chi connectivity index (χ0) is 10.6. The highest BCUT2D eigenvalue weighted by Crippen LogP contribution is 2.07. The van der Waals surface area contributed by atoms with Gasteiger partial charge in [-0.15, -0.1) is 0 Å². The molecule has 0 radical (unpaired) electrons. The van der Waals surface area contributed by atoms with Crippen LogP contribution in [0, 0.1) is 3.57 Å². The summed E-state index contributed by atoms with van der Waals surface area (Å²) < 4.78 is 5.41. The molecule has 0 saturated heterocycles. The van der Waals surface area contributed by atoms with E-state index in [-0.39, 0.29) is 6.42 Å². The normalized spacial score (nSPS) is 9.57. The van der Waals surface area contributed by atoms with Crippen molar-refractivity contribution < 1.29 is 14.3 Å². The third-order valence-corrected chi connectivity index (χ3v) is 2.41. The van der Waals surface area contributed by atoms with Crippen LogP contribution in [0.5, 0.6) is 0 Å². The molecule has 1 rings (SSSR count). The lowest BCUT2D eigenvalue weighted by Gasteiger charge is -1.99. The number of esters is 1. The fraction of sp³-hybridized carbons (Fsp3) is 0.200. The van der Waals surface area contributed by atoms with Crippen molar-refractivity contribution in [1.82, 2.24) is 0 Å². The van der Waals surface area contributed by atoms with Crippen molar-refractivity contribution in [2.45, 2.75) is 6.42 Å². The van der Waals surface area contributed by atoms with Crippen molar-refractivity contribution in [1.29, 1.82) is 0 Å². The van der Waals surface area contributed by atoms with Crippen LogP contribution in [0.25, 0.3) is 0 Å². The van der Waals surface area contributed by atoms with Gasteiger partial charge in [0.25, 0.3) is 0 Å². The fourth-order valence-electron chi connectivity index (χ4n) is 0.974. The highest BCUT2D eigenvalue weighted by atomic mass is 127. The molecule has 3 nitrogen and oxygen atoms in total. The molecule has 0 aliphatic rings. The minimum atomic E-state index is -0.788. The summed E-state index contributed by atoms with van der Waals surface area (Å²) in [6.45, 7) is 0. The van der Waals surface area contributed by atoms with Gasteiger partial charge in [0.15, 0.2) is 0 Å². The molecule has 1 aromatic carbocycles. The number of ether oxygens (including phenoxy) is 1. The maximum absolute atomic E-state index is 11.2. The predicted molar refractivity (Wildman–Crippen MR) is 59.9 cm³/mol. The predicted octanol–water partition coefficient (Wildman–Crippen LogP) is 1.58. The Balaban J connectivity index is 2.65. The quantitative estimate of drug-likeness (QED) is 0.484. The van der Waals surface area contributed by atoms with Gasteiger partial charge in [-0.3, -0.25) is 4.79 Å². The lowest BCUT2D eigenvalue weighted by atomic mass is 10.1. The second-order valence-electron chi connectivity index (χ2n) is 2.72. The average molecular weight is 304 g/mol. The number of carbonyl (C=O) groups is 2. The summed E-state index contributed by atoms with van der Waals surface area (Å²) in [7, 11) is 1.20. The van der Waals surface area contributed by atoms with E-state index in [0.717, 1.165) is 9.13 Å². The van der Waals surface area contributed by atoms with Crippen LogP contribution in [-0.2, 0) is 20.7 Å².